The first-order chi connectivity index (χ1) is 12.8. The molecule has 4 rings (SSSR count). The van der Waals surface area contributed by atoms with Crippen molar-refractivity contribution in [3.63, 3.8) is 0 Å². The van der Waals surface area contributed by atoms with E-state index in [4.69, 9.17) is 0 Å². The van der Waals surface area contributed by atoms with Gasteiger partial charge in [-0.3, -0.25) is 4.79 Å². The molecule has 2 N–H and O–H groups in total. The molecule has 0 saturated carbocycles. The lowest BCUT2D eigenvalue weighted by molar-refractivity contribution is -0.121. The van der Waals surface area contributed by atoms with Crippen LogP contribution in [0.15, 0.2) is 48.9 Å². The van der Waals surface area contributed by atoms with Crippen LogP contribution in [0.25, 0.3) is 11.0 Å². The van der Waals surface area contributed by atoms with Crippen LogP contribution >= 0.6 is 0 Å². The normalized spacial score (nSPS) is 17.4. The molecule has 0 aliphatic carbocycles. The highest BCUT2D eigenvalue weighted by Gasteiger charge is 2.23. The van der Waals surface area contributed by atoms with Gasteiger partial charge in [-0.15, -0.1) is 0 Å². The van der Waals surface area contributed by atoms with Crippen LogP contribution < -0.4 is 10.2 Å². The summed E-state index contributed by atoms with van der Waals surface area (Å²) in [5.74, 6) is 1.06. The number of amides is 1. The van der Waals surface area contributed by atoms with Gasteiger partial charge in [0.15, 0.2) is 0 Å². The number of aryl methyl sites for hydroxylation is 1. The highest BCUT2D eigenvalue weighted by molar-refractivity contribution is 5.87. The van der Waals surface area contributed by atoms with Gasteiger partial charge in [0.05, 0.1) is 5.39 Å². The van der Waals surface area contributed by atoms with Crippen LogP contribution in [0.1, 0.15) is 24.8 Å². The molecular formula is C20H23N5O. The molecular weight excluding hydrogens is 326 g/mol. The van der Waals surface area contributed by atoms with Crippen molar-refractivity contribution in [3.8, 4) is 0 Å². The van der Waals surface area contributed by atoms with Gasteiger partial charge in [0.25, 0.3) is 0 Å². The van der Waals surface area contributed by atoms with Crippen LogP contribution in [0.4, 0.5) is 5.82 Å². The average molecular weight is 349 g/mol. The Morgan fingerprint density at radius 1 is 1.23 bits per heavy atom. The Bertz CT molecular complexity index is 876. The molecule has 3 heterocycles. The second kappa shape index (κ2) is 7.56. The first kappa shape index (κ1) is 16.6. The van der Waals surface area contributed by atoms with E-state index in [0.29, 0.717) is 6.42 Å². The number of aromatic amines is 1. The first-order valence-electron chi connectivity index (χ1n) is 9.16. The van der Waals surface area contributed by atoms with Gasteiger partial charge >= 0.3 is 0 Å². The van der Waals surface area contributed by atoms with Gasteiger partial charge in [-0.1, -0.05) is 30.3 Å². The van der Waals surface area contributed by atoms with E-state index in [2.05, 4.69) is 37.3 Å². The molecule has 1 aliphatic heterocycles. The smallest absolute Gasteiger partial charge is 0.220 e. The van der Waals surface area contributed by atoms with Gasteiger partial charge in [0.1, 0.15) is 17.8 Å². The summed E-state index contributed by atoms with van der Waals surface area (Å²) >= 11 is 0. The van der Waals surface area contributed by atoms with E-state index in [1.165, 1.54) is 5.56 Å². The van der Waals surface area contributed by atoms with E-state index in [-0.39, 0.29) is 11.9 Å². The predicted octanol–water partition coefficient (Wildman–Crippen LogP) is 2.68. The van der Waals surface area contributed by atoms with Crippen molar-refractivity contribution in [1.29, 1.82) is 0 Å². The number of hydrogen-bond donors (Lipinski definition) is 2. The Morgan fingerprint density at radius 3 is 3.00 bits per heavy atom. The van der Waals surface area contributed by atoms with Crippen LogP contribution in [0.2, 0.25) is 0 Å². The summed E-state index contributed by atoms with van der Waals surface area (Å²) in [4.78, 5) is 26.4. The molecule has 134 valence electrons. The summed E-state index contributed by atoms with van der Waals surface area (Å²) < 4.78 is 0. The number of carbonyl (C=O) groups is 1. The molecule has 1 saturated heterocycles. The van der Waals surface area contributed by atoms with Crippen molar-refractivity contribution in [3.05, 3.63) is 54.5 Å². The van der Waals surface area contributed by atoms with Crippen molar-refractivity contribution in [2.75, 3.05) is 18.0 Å². The molecule has 1 atom stereocenters. The lowest BCUT2D eigenvalue weighted by Gasteiger charge is -2.34. The Hall–Kier alpha value is -2.89. The molecule has 1 fully saturated rings. The van der Waals surface area contributed by atoms with E-state index in [9.17, 15) is 4.79 Å². The van der Waals surface area contributed by atoms with E-state index in [1.807, 2.05) is 30.5 Å². The maximum atomic E-state index is 12.3. The zero-order chi connectivity index (χ0) is 17.8. The minimum Gasteiger partial charge on any atom is -0.354 e. The van der Waals surface area contributed by atoms with Gasteiger partial charge in [-0.2, -0.15) is 0 Å². The molecule has 0 bridgehead atoms. The highest BCUT2D eigenvalue weighted by Crippen LogP contribution is 2.25. The van der Waals surface area contributed by atoms with Crippen LogP contribution in [0.5, 0.6) is 0 Å². The molecule has 0 radical (unpaired) electrons. The summed E-state index contributed by atoms with van der Waals surface area (Å²) in [6, 6.07) is 12.3. The Balaban J connectivity index is 1.36. The summed E-state index contributed by atoms with van der Waals surface area (Å²) in [5, 5.41) is 4.23. The van der Waals surface area contributed by atoms with Gasteiger partial charge in [0.2, 0.25) is 5.91 Å². The second-order valence-electron chi connectivity index (χ2n) is 6.78. The van der Waals surface area contributed by atoms with Crippen molar-refractivity contribution in [2.45, 2.75) is 31.7 Å². The molecule has 6 heteroatoms. The van der Waals surface area contributed by atoms with Crippen LogP contribution in [0, 0.1) is 0 Å². The maximum absolute atomic E-state index is 12.3. The number of benzene rings is 1. The number of piperidine rings is 1. The van der Waals surface area contributed by atoms with Gasteiger partial charge in [0, 0.05) is 31.7 Å². The zero-order valence-electron chi connectivity index (χ0n) is 14.7. The predicted molar refractivity (Wildman–Crippen MR) is 102 cm³/mol. The fraction of sp³-hybridized carbons (Fsp3) is 0.350. The topological polar surface area (TPSA) is 73.9 Å². The van der Waals surface area contributed by atoms with Crippen LogP contribution in [-0.2, 0) is 11.2 Å². The Kier molecular flexibility index (Phi) is 4.82. The summed E-state index contributed by atoms with van der Waals surface area (Å²) in [6.45, 7) is 1.74. The van der Waals surface area contributed by atoms with Crippen molar-refractivity contribution < 1.29 is 4.79 Å². The fourth-order valence-corrected chi connectivity index (χ4v) is 3.60. The number of aromatic nitrogens is 3. The molecule has 26 heavy (non-hydrogen) atoms. The number of carbonyl (C=O) groups excluding carboxylic acids is 1. The van der Waals surface area contributed by atoms with Crippen molar-refractivity contribution in [1.82, 2.24) is 20.3 Å². The summed E-state index contributed by atoms with van der Waals surface area (Å²) in [6.07, 6.45) is 6.83. The summed E-state index contributed by atoms with van der Waals surface area (Å²) in [5.41, 5.74) is 2.05. The molecule has 6 nitrogen and oxygen atoms in total. The van der Waals surface area contributed by atoms with E-state index >= 15 is 0 Å². The van der Waals surface area contributed by atoms with Crippen molar-refractivity contribution in [2.24, 2.45) is 0 Å². The fourth-order valence-electron chi connectivity index (χ4n) is 3.60. The van der Waals surface area contributed by atoms with E-state index in [1.54, 1.807) is 6.33 Å². The van der Waals surface area contributed by atoms with Crippen LogP contribution in [0.3, 0.4) is 0 Å². The average Bonchev–Trinajstić information content (AvgIpc) is 3.16. The minimum absolute atomic E-state index is 0.121. The second-order valence-corrected chi connectivity index (χ2v) is 6.78. The number of nitrogens with one attached hydrogen (secondary N) is 2. The number of hydrogen-bond acceptors (Lipinski definition) is 4. The van der Waals surface area contributed by atoms with Crippen LogP contribution in [-0.4, -0.2) is 40.0 Å². The largest absolute Gasteiger partial charge is 0.354 e. The quantitative estimate of drug-likeness (QED) is 0.743. The van der Waals surface area contributed by atoms with Crippen molar-refractivity contribution >= 4 is 22.8 Å². The van der Waals surface area contributed by atoms with Gasteiger partial charge in [-0.25, -0.2) is 9.97 Å². The monoisotopic (exact) mass is 349 g/mol. The lowest BCUT2D eigenvalue weighted by atomic mass is 10.0. The third-order valence-electron chi connectivity index (χ3n) is 4.90. The lowest BCUT2D eigenvalue weighted by Crippen LogP contribution is -2.48. The van der Waals surface area contributed by atoms with E-state index in [0.717, 1.165) is 49.2 Å². The highest BCUT2D eigenvalue weighted by atomic mass is 16.1. The number of H-pyrrole nitrogens is 1. The molecule has 1 aromatic carbocycles. The third-order valence-corrected chi connectivity index (χ3v) is 4.90. The number of nitrogens with zero attached hydrogens (tertiary/aromatic N) is 3. The molecule has 2 aromatic heterocycles. The molecule has 1 amide bonds. The number of anilines is 1. The standard InChI is InChI=1S/C20H23N5O/c26-18(9-8-15-5-2-1-3-6-15)24-16-7-4-12-25(13-16)20-17-10-11-21-19(17)22-14-23-20/h1-3,5-6,10-11,14,16H,4,7-9,12-13H2,(H,24,26)(H,21,22,23). The molecule has 0 spiro atoms. The maximum Gasteiger partial charge on any atom is 0.220 e. The zero-order valence-corrected chi connectivity index (χ0v) is 14.7. The Morgan fingerprint density at radius 2 is 2.12 bits per heavy atom. The minimum atomic E-state index is 0.121. The molecule has 1 aliphatic rings. The molecule has 1 unspecified atom stereocenters. The first-order valence-corrected chi connectivity index (χ1v) is 9.16. The number of rotatable bonds is 5. The Labute approximate surface area is 152 Å². The third kappa shape index (κ3) is 3.69. The van der Waals surface area contributed by atoms with E-state index < -0.39 is 0 Å². The van der Waals surface area contributed by atoms with Gasteiger partial charge in [-0.05, 0) is 30.9 Å². The van der Waals surface area contributed by atoms with Gasteiger partial charge < -0.3 is 15.2 Å². The summed E-state index contributed by atoms with van der Waals surface area (Å²) in [7, 11) is 0. The SMILES string of the molecule is O=C(CCc1ccccc1)NC1CCCN(c2ncnc3[nH]ccc23)C1. The molecule has 3 aromatic rings. The number of fused-ring (bicyclic) bond motifs is 1.